The summed E-state index contributed by atoms with van der Waals surface area (Å²) in [5, 5.41) is 18.7. The molecule has 4 aliphatic rings. The number of aliphatic hydroxyl groups is 1. The molecule has 2 bridgehead atoms. The van der Waals surface area contributed by atoms with Gasteiger partial charge in [-0.2, -0.15) is 0 Å². The van der Waals surface area contributed by atoms with E-state index in [0.29, 0.717) is 44.1 Å². The van der Waals surface area contributed by atoms with Gasteiger partial charge in [0.2, 0.25) is 17.7 Å². The molecule has 0 aromatic rings. The third-order valence-electron chi connectivity index (χ3n) is 9.52. The molecule has 0 aromatic carbocycles. The fourth-order valence-electron chi connectivity index (χ4n) is 6.85. The van der Waals surface area contributed by atoms with Gasteiger partial charge in [0.05, 0.1) is 23.8 Å². The predicted molar refractivity (Wildman–Crippen MR) is 155 cm³/mol. The van der Waals surface area contributed by atoms with Gasteiger partial charge in [0, 0.05) is 5.92 Å². The second-order valence-electron chi connectivity index (χ2n) is 13.8. The van der Waals surface area contributed by atoms with Crippen LogP contribution in [-0.2, 0) is 23.7 Å². The molecule has 4 unspecified atom stereocenters. The van der Waals surface area contributed by atoms with Gasteiger partial charge in [-0.05, 0) is 82.1 Å². The molecule has 4 rings (SSSR count). The second-order valence-corrected chi connectivity index (χ2v) is 13.8. The Kier molecular flexibility index (Phi) is 10.7. The molecule has 0 spiro atoms. The van der Waals surface area contributed by atoms with Crippen LogP contribution in [0.4, 0.5) is 0 Å². The number of nitrogens with one attached hydrogen (secondary N) is 3. The minimum Gasteiger partial charge on any atom is -0.404 e. The van der Waals surface area contributed by atoms with Crippen molar-refractivity contribution in [3.8, 4) is 0 Å². The van der Waals surface area contributed by atoms with Crippen LogP contribution in [0.3, 0.4) is 0 Å². The van der Waals surface area contributed by atoms with E-state index in [1.807, 2.05) is 0 Å². The Morgan fingerprint density at radius 2 is 1.65 bits per heavy atom. The van der Waals surface area contributed by atoms with Crippen molar-refractivity contribution in [2.45, 2.75) is 130 Å². The van der Waals surface area contributed by atoms with Crippen LogP contribution in [0, 0.1) is 29.1 Å². The molecule has 228 valence electrons. The third-order valence-corrected chi connectivity index (χ3v) is 9.52. The Morgan fingerprint density at radius 3 is 2.20 bits per heavy atom. The summed E-state index contributed by atoms with van der Waals surface area (Å²) in [6.07, 6.45) is 3.33. The van der Waals surface area contributed by atoms with Crippen LogP contribution < -0.4 is 21.7 Å². The van der Waals surface area contributed by atoms with Crippen LogP contribution >= 0.6 is 0 Å². The Labute approximate surface area is 240 Å². The molecule has 8 atom stereocenters. The Morgan fingerprint density at radius 1 is 0.975 bits per heavy atom. The lowest BCUT2D eigenvalue weighted by Crippen LogP contribution is -2.65. The zero-order valence-electron chi connectivity index (χ0n) is 25.8. The van der Waals surface area contributed by atoms with Crippen LogP contribution in [0.2, 0.25) is 0 Å². The molecule has 4 fully saturated rings. The number of rotatable bonds is 14. The molecule has 0 aromatic heterocycles. The van der Waals surface area contributed by atoms with Gasteiger partial charge in [-0.1, -0.05) is 41.5 Å². The Hall–Kier alpha value is -1.69. The fraction of sp³-hybridized carbons (Fsp3) is 0.897. The van der Waals surface area contributed by atoms with E-state index in [9.17, 15) is 19.5 Å². The maximum absolute atomic E-state index is 13.7. The number of hydrogen-bond acceptors (Lipinski definition) is 7. The summed E-state index contributed by atoms with van der Waals surface area (Å²) in [4.78, 5) is 39.1. The number of carbonyl (C=O) groups is 3. The zero-order valence-corrected chi connectivity index (χ0v) is 25.8. The lowest BCUT2D eigenvalue weighted by Gasteiger charge is -2.64. The number of aliphatic hydroxyl groups excluding tert-OH is 1. The molecule has 10 nitrogen and oxygen atoms in total. The van der Waals surface area contributed by atoms with Crippen molar-refractivity contribution in [3.05, 3.63) is 0 Å². The minimum atomic E-state index is -1.18. The van der Waals surface area contributed by atoms with Crippen molar-refractivity contribution >= 4 is 24.8 Å². The molecule has 11 heteroatoms. The monoisotopic (exact) mass is 564 g/mol. The second kappa shape index (κ2) is 13.1. The van der Waals surface area contributed by atoms with Crippen molar-refractivity contribution in [1.82, 2.24) is 16.0 Å². The molecule has 6 N–H and O–H groups in total. The van der Waals surface area contributed by atoms with Crippen LogP contribution in [0.5, 0.6) is 0 Å². The summed E-state index contributed by atoms with van der Waals surface area (Å²) in [5.41, 5.74) is 5.50. The van der Waals surface area contributed by atoms with E-state index in [-0.39, 0.29) is 35.2 Å². The van der Waals surface area contributed by atoms with Crippen molar-refractivity contribution in [2.75, 3.05) is 6.54 Å². The lowest BCUT2D eigenvalue weighted by molar-refractivity contribution is -0.199. The smallest absolute Gasteiger partial charge is 0.404 e. The summed E-state index contributed by atoms with van der Waals surface area (Å²) < 4.78 is 13.2. The van der Waals surface area contributed by atoms with E-state index in [1.165, 1.54) is 6.92 Å². The summed E-state index contributed by atoms with van der Waals surface area (Å²) in [6, 6.07) is -2.04. The van der Waals surface area contributed by atoms with Gasteiger partial charge in [-0.15, -0.1) is 0 Å². The minimum absolute atomic E-state index is 0.00254. The number of carbonyl (C=O) groups excluding carboxylic acids is 3. The molecule has 1 saturated heterocycles. The van der Waals surface area contributed by atoms with Gasteiger partial charge >= 0.3 is 7.12 Å². The van der Waals surface area contributed by atoms with Gasteiger partial charge < -0.3 is 36.1 Å². The van der Waals surface area contributed by atoms with Gasteiger partial charge in [-0.25, -0.2) is 0 Å². The topological polar surface area (TPSA) is 152 Å². The first-order valence-corrected chi connectivity index (χ1v) is 15.2. The molecular weight excluding hydrogens is 511 g/mol. The molecular formula is C29H53BN4O6. The normalized spacial score (nSPS) is 29.7. The molecule has 3 amide bonds. The Balaban J connectivity index is 1.74. The van der Waals surface area contributed by atoms with Crippen molar-refractivity contribution in [1.29, 1.82) is 0 Å². The summed E-state index contributed by atoms with van der Waals surface area (Å²) >= 11 is 0. The first-order valence-electron chi connectivity index (χ1n) is 15.2. The SMILES string of the molecule is CC(C)CC(NC(=O)C(CCCCN)NC(=O)C(NC(=O)C(C)C)C(C)O)B1O[C@@H]2C[C@@H]3C[C@@H](C3(C)C)[C@]2(C)O1. The first kappa shape index (κ1) is 32.8. The van der Waals surface area contributed by atoms with E-state index in [4.69, 9.17) is 15.0 Å². The highest BCUT2D eigenvalue weighted by molar-refractivity contribution is 6.48. The summed E-state index contributed by atoms with van der Waals surface area (Å²) in [6.45, 7) is 16.3. The predicted octanol–water partition coefficient (Wildman–Crippen LogP) is 1.92. The quantitative estimate of drug-likeness (QED) is 0.160. The van der Waals surface area contributed by atoms with Gasteiger partial charge in [0.25, 0.3) is 0 Å². The van der Waals surface area contributed by atoms with Gasteiger partial charge in [0.1, 0.15) is 12.1 Å². The van der Waals surface area contributed by atoms with E-state index in [2.05, 4.69) is 50.6 Å². The average Bonchev–Trinajstić information content (AvgIpc) is 3.22. The molecule has 3 aliphatic carbocycles. The summed E-state index contributed by atoms with van der Waals surface area (Å²) in [5.74, 6) is -0.746. The highest BCUT2D eigenvalue weighted by Gasteiger charge is 2.68. The first-order chi connectivity index (χ1) is 18.6. The van der Waals surface area contributed by atoms with Crippen LogP contribution in [0.25, 0.3) is 0 Å². The maximum Gasteiger partial charge on any atom is 0.481 e. The van der Waals surface area contributed by atoms with E-state index in [0.717, 1.165) is 12.8 Å². The van der Waals surface area contributed by atoms with Crippen molar-refractivity contribution in [3.63, 3.8) is 0 Å². The van der Waals surface area contributed by atoms with Gasteiger partial charge in [0.15, 0.2) is 0 Å². The standard InChI is InChI=1S/C29H53BN4O6/c1-16(2)13-23(30-39-22-15-19-14-21(28(19,6)7)29(22,8)40-30)33-26(37)20(11-9-10-12-31)32-27(38)24(18(5)35)34-25(36)17(3)4/h16-24,35H,9-15,31H2,1-8H3,(H,32,38)(H,33,37)(H,34,36)/t18?,19-,20?,21-,22+,23?,24?,29-/m0/s1. The number of amides is 3. The molecule has 3 saturated carbocycles. The number of hydrogen-bond donors (Lipinski definition) is 5. The van der Waals surface area contributed by atoms with Crippen LogP contribution in [0.15, 0.2) is 0 Å². The highest BCUT2D eigenvalue weighted by atomic mass is 16.7. The zero-order chi connectivity index (χ0) is 30.0. The fourth-order valence-corrected chi connectivity index (χ4v) is 6.85. The van der Waals surface area contributed by atoms with E-state index in [1.54, 1.807) is 13.8 Å². The van der Waals surface area contributed by atoms with Crippen molar-refractivity contribution < 1.29 is 28.8 Å². The molecule has 1 heterocycles. The molecule has 1 aliphatic heterocycles. The van der Waals surface area contributed by atoms with Crippen LogP contribution in [0.1, 0.15) is 93.9 Å². The molecule has 0 radical (unpaired) electrons. The van der Waals surface area contributed by atoms with E-state index < -0.39 is 42.8 Å². The maximum atomic E-state index is 13.7. The lowest BCUT2D eigenvalue weighted by atomic mass is 9.43. The largest absolute Gasteiger partial charge is 0.481 e. The molecule has 40 heavy (non-hydrogen) atoms. The van der Waals surface area contributed by atoms with Crippen molar-refractivity contribution in [2.24, 2.45) is 34.8 Å². The Bertz CT molecular complexity index is 915. The van der Waals surface area contributed by atoms with E-state index >= 15 is 0 Å². The highest BCUT2D eigenvalue weighted by Crippen LogP contribution is 2.65. The average molecular weight is 565 g/mol. The van der Waals surface area contributed by atoms with Crippen LogP contribution in [-0.4, -0.2) is 72.3 Å². The van der Waals surface area contributed by atoms with Gasteiger partial charge in [-0.3, -0.25) is 14.4 Å². The number of nitrogens with two attached hydrogens (primary N) is 1. The third kappa shape index (κ3) is 7.02. The number of unbranched alkanes of at least 4 members (excludes halogenated alkanes) is 1. The summed E-state index contributed by atoms with van der Waals surface area (Å²) in [7, 11) is -0.576.